The highest BCUT2D eigenvalue weighted by Gasteiger charge is 2.80. The summed E-state index contributed by atoms with van der Waals surface area (Å²) in [6, 6.07) is 10.2. The molecule has 4 aromatic heterocycles. The van der Waals surface area contributed by atoms with Gasteiger partial charge in [-0.1, -0.05) is 11.3 Å². The number of ether oxygens (including phenoxy) is 1. The minimum absolute atomic E-state index is 0.228. The van der Waals surface area contributed by atoms with E-state index < -0.39 is 28.9 Å². The van der Waals surface area contributed by atoms with Crippen LogP contribution in [0, 0.1) is 20.8 Å². The minimum Gasteiger partial charge on any atom is -0.487 e. The summed E-state index contributed by atoms with van der Waals surface area (Å²) in [6.45, 7) is 4.83. The quantitative estimate of drug-likeness (QED) is 0.215. The van der Waals surface area contributed by atoms with Crippen LogP contribution >= 0.6 is 45.3 Å². The molecule has 0 saturated heterocycles. The third-order valence-corrected chi connectivity index (χ3v) is 10.9. The molecule has 11 heteroatoms. The van der Waals surface area contributed by atoms with Gasteiger partial charge in [-0.05, 0) is 68.3 Å². The molecule has 0 aliphatic heterocycles. The second-order valence-electron chi connectivity index (χ2n) is 8.45. The van der Waals surface area contributed by atoms with E-state index in [1.165, 1.54) is 43.6 Å². The summed E-state index contributed by atoms with van der Waals surface area (Å²) in [5.41, 5.74) is -2.11. The molecule has 0 atom stereocenters. The summed E-state index contributed by atoms with van der Waals surface area (Å²) in [6.07, 6.45) is 0. The summed E-state index contributed by atoms with van der Waals surface area (Å²) < 4.78 is 96.1. The van der Waals surface area contributed by atoms with Gasteiger partial charge >= 0.3 is 17.8 Å². The van der Waals surface area contributed by atoms with Crippen molar-refractivity contribution in [1.29, 1.82) is 0 Å². The number of halogens is 6. The molecule has 0 amide bonds. The molecule has 0 saturated carbocycles. The van der Waals surface area contributed by atoms with E-state index in [9.17, 15) is 8.78 Å². The topological polar surface area (TPSA) is 9.23 Å². The lowest BCUT2D eigenvalue weighted by atomic mass is 10.0. The van der Waals surface area contributed by atoms with E-state index in [0.29, 0.717) is 19.7 Å². The lowest BCUT2D eigenvalue weighted by Gasteiger charge is -2.25. The summed E-state index contributed by atoms with van der Waals surface area (Å²) in [4.78, 5) is 2.96. The van der Waals surface area contributed by atoms with Crippen LogP contribution in [0.4, 0.5) is 26.3 Å². The van der Waals surface area contributed by atoms with Gasteiger partial charge in [-0.25, -0.2) is 0 Å². The number of hydrogen-bond acceptors (Lipinski definition) is 5. The summed E-state index contributed by atoms with van der Waals surface area (Å²) in [5, 5.41) is 0.576. The van der Waals surface area contributed by atoms with Crippen LogP contribution in [-0.2, 0) is 0 Å². The summed E-state index contributed by atoms with van der Waals surface area (Å²) >= 11 is 4.30. The van der Waals surface area contributed by atoms with Crippen LogP contribution in [0.3, 0.4) is 0 Å². The van der Waals surface area contributed by atoms with Gasteiger partial charge in [-0.15, -0.1) is 34.0 Å². The first-order valence-corrected chi connectivity index (χ1v) is 13.9. The highest BCUT2D eigenvalue weighted by Crippen LogP contribution is 2.66. The largest absolute Gasteiger partial charge is 0.487 e. The van der Waals surface area contributed by atoms with Crippen LogP contribution in [0.15, 0.2) is 36.4 Å². The monoisotopic (exact) mass is 576 g/mol. The second kappa shape index (κ2) is 8.47. The predicted octanol–water partition coefficient (Wildman–Crippen LogP) is 10.0. The Morgan fingerprint density at radius 1 is 0.611 bits per heavy atom. The molecular formula is C25H18F6OS4. The lowest BCUT2D eigenvalue weighted by molar-refractivity contribution is -0.254. The molecule has 5 rings (SSSR count). The number of rotatable bonds is 5. The lowest BCUT2D eigenvalue weighted by Crippen LogP contribution is -2.48. The van der Waals surface area contributed by atoms with Crippen LogP contribution in [0.2, 0.25) is 0 Å². The molecule has 0 spiro atoms. The third-order valence-electron chi connectivity index (χ3n) is 5.96. The molecule has 36 heavy (non-hydrogen) atoms. The zero-order valence-electron chi connectivity index (χ0n) is 19.3. The molecule has 0 aromatic carbocycles. The Bertz CT molecular complexity index is 1500. The Hall–Kier alpha value is -2.08. The number of aryl methyl sites for hydroxylation is 3. The average Bonchev–Trinajstić information content (AvgIpc) is 3.59. The average molecular weight is 577 g/mol. The van der Waals surface area contributed by atoms with Crippen molar-refractivity contribution in [3.63, 3.8) is 0 Å². The Kier molecular flexibility index (Phi) is 6.02. The first-order valence-electron chi connectivity index (χ1n) is 10.6. The van der Waals surface area contributed by atoms with Gasteiger partial charge in [-0.3, -0.25) is 0 Å². The van der Waals surface area contributed by atoms with Crippen LogP contribution in [0.5, 0.6) is 5.06 Å². The predicted molar refractivity (Wildman–Crippen MR) is 138 cm³/mol. The van der Waals surface area contributed by atoms with Crippen molar-refractivity contribution in [1.82, 2.24) is 0 Å². The van der Waals surface area contributed by atoms with Crippen molar-refractivity contribution < 1.29 is 31.1 Å². The zero-order chi connectivity index (χ0) is 26.2. The van der Waals surface area contributed by atoms with Crippen molar-refractivity contribution in [2.24, 2.45) is 0 Å². The molecule has 1 aliphatic carbocycles. The van der Waals surface area contributed by atoms with E-state index in [0.717, 1.165) is 32.4 Å². The highest BCUT2D eigenvalue weighted by atomic mass is 32.1. The maximum Gasteiger partial charge on any atom is 0.380 e. The van der Waals surface area contributed by atoms with Crippen LogP contribution in [-0.4, -0.2) is 24.9 Å². The molecule has 190 valence electrons. The molecule has 0 fully saturated rings. The molecular weight excluding hydrogens is 559 g/mol. The number of thiophene rings is 4. The van der Waals surface area contributed by atoms with Crippen molar-refractivity contribution in [3.8, 4) is 24.6 Å². The fourth-order valence-electron chi connectivity index (χ4n) is 4.17. The Morgan fingerprint density at radius 2 is 1.08 bits per heavy atom. The van der Waals surface area contributed by atoms with E-state index in [-0.39, 0.29) is 20.9 Å². The van der Waals surface area contributed by atoms with Gasteiger partial charge in [0.25, 0.3) is 0 Å². The molecule has 0 bridgehead atoms. The third kappa shape index (κ3) is 3.61. The Labute approximate surface area is 219 Å². The fourth-order valence-corrected chi connectivity index (χ4v) is 8.53. The fraction of sp³-hybridized carbons (Fsp3) is 0.280. The number of allylic oxidation sites excluding steroid dienone is 2. The minimum atomic E-state index is -5.58. The molecule has 0 radical (unpaired) electrons. The second-order valence-corrected chi connectivity index (χ2v) is 12.9. The standard InChI is InChI=1S/C25H18F6OS4/c1-11-9-16(14-6-5-13(3)33-14)35-21(11)19-20(24(28,29)25(30,31)23(19,26)27)22-12(2)10-17(36-22)15-7-8-18(32-4)34-15/h5-10H,1-4H3. The molecule has 1 aliphatic rings. The Balaban J connectivity index is 1.76. The first-order chi connectivity index (χ1) is 16.8. The van der Waals surface area contributed by atoms with Crippen molar-refractivity contribution in [2.45, 2.75) is 38.5 Å². The van der Waals surface area contributed by atoms with E-state index in [1.54, 1.807) is 30.3 Å². The maximum atomic E-state index is 15.3. The van der Waals surface area contributed by atoms with Gasteiger partial charge in [0.1, 0.15) is 0 Å². The van der Waals surface area contributed by atoms with Gasteiger partial charge < -0.3 is 4.74 Å². The van der Waals surface area contributed by atoms with Gasteiger partial charge in [0.05, 0.1) is 18.3 Å². The molecule has 4 aromatic rings. The van der Waals surface area contributed by atoms with Crippen molar-refractivity contribution in [2.75, 3.05) is 7.11 Å². The first kappa shape index (κ1) is 25.6. The van der Waals surface area contributed by atoms with Gasteiger partial charge in [-0.2, -0.15) is 26.3 Å². The summed E-state index contributed by atoms with van der Waals surface area (Å²) in [7, 11) is 1.48. The number of alkyl halides is 6. The van der Waals surface area contributed by atoms with Gasteiger partial charge in [0.15, 0.2) is 5.06 Å². The van der Waals surface area contributed by atoms with Gasteiger partial charge in [0.2, 0.25) is 0 Å². The highest BCUT2D eigenvalue weighted by molar-refractivity contribution is 7.24. The molecule has 0 unspecified atom stereocenters. The van der Waals surface area contributed by atoms with E-state index in [4.69, 9.17) is 4.74 Å². The van der Waals surface area contributed by atoms with Crippen LogP contribution < -0.4 is 4.74 Å². The molecule has 4 heterocycles. The van der Waals surface area contributed by atoms with E-state index in [1.807, 2.05) is 13.0 Å². The number of methoxy groups -OCH3 is 1. The Morgan fingerprint density at radius 3 is 1.50 bits per heavy atom. The molecule has 0 N–H and O–H groups in total. The number of hydrogen-bond donors (Lipinski definition) is 0. The SMILES string of the molecule is COc1ccc(-c2cc(C)c(C3=C(c4sc(-c5ccc(C)s5)cc4C)C(F)(F)C(F)(F)C3(F)F)s2)s1. The van der Waals surface area contributed by atoms with Gasteiger partial charge in [0, 0.05) is 34.1 Å². The maximum absolute atomic E-state index is 15.3. The van der Waals surface area contributed by atoms with E-state index >= 15 is 17.6 Å². The van der Waals surface area contributed by atoms with Crippen molar-refractivity contribution in [3.05, 3.63) is 62.2 Å². The van der Waals surface area contributed by atoms with Crippen LogP contribution in [0.25, 0.3) is 30.7 Å². The summed E-state index contributed by atoms with van der Waals surface area (Å²) in [5.74, 6) is -15.7. The van der Waals surface area contributed by atoms with E-state index in [2.05, 4.69) is 0 Å². The normalized spacial score (nSPS) is 18.3. The van der Waals surface area contributed by atoms with Crippen LogP contribution in [0.1, 0.15) is 25.8 Å². The smallest absolute Gasteiger partial charge is 0.380 e. The molecule has 1 nitrogen and oxygen atoms in total. The zero-order valence-corrected chi connectivity index (χ0v) is 22.5. The van der Waals surface area contributed by atoms with Crippen molar-refractivity contribution >= 4 is 56.5 Å².